The molecule has 4 rings (SSSR count). The van der Waals surface area contributed by atoms with E-state index in [9.17, 15) is 8.42 Å². The van der Waals surface area contributed by atoms with Gasteiger partial charge in [0.15, 0.2) is 17.9 Å². The number of hydrogen-bond acceptors (Lipinski definition) is 8. The van der Waals surface area contributed by atoms with Gasteiger partial charge in [-0.1, -0.05) is 17.7 Å². The van der Waals surface area contributed by atoms with Crippen LogP contribution in [0.3, 0.4) is 0 Å². The van der Waals surface area contributed by atoms with Gasteiger partial charge >= 0.3 is 0 Å². The summed E-state index contributed by atoms with van der Waals surface area (Å²) in [5.74, 6) is -1.69. The first-order chi connectivity index (χ1) is 13.0. The first-order valence-electron chi connectivity index (χ1n) is 9.29. The lowest BCUT2D eigenvalue weighted by atomic mass is 10.1. The number of aryl methyl sites for hydroxylation is 1. The lowest BCUT2D eigenvalue weighted by Gasteiger charge is -2.28. The van der Waals surface area contributed by atoms with E-state index in [1.54, 1.807) is 39.8 Å². The van der Waals surface area contributed by atoms with Crippen molar-refractivity contribution in [2.45, 2.75) is 81.8 Å². The quantitative estimate of drug-likeness (QED) is 0.692. The van der Waals surface area contributed by atoms with Gasteiger partial charge < -0.3 is 23.7 Å². The molecule has 0 unspecified atom stereocenters. The zero-order valence-electron chi connectivity index (χ0n) is 16.6. The molecule has 1 aromatic carbocycles. The van der Waals surface area contributed by atoms with Crippen molar-refractivity contribution in [3.05, 3.63) is 29.8 Å². The highest BCUT2D eigenvalue weighted by atomic mass is 32.2. The monoisotopic (exact) mass is 414 g/mol. The minimum absolute atomic E-state index is 0.0717. The van der Waals surface area contributed by atoms with Gasteiger partial charge in [-0.3, -0.25) is 4.18 Å². The van der Waals surface area contributed by atoms with Crippen LogP contribution in [0.15, 0.2) is 29.2 Å². The van der Waals surface area contributed by atoms with Gasteiger partial charge in [0, 0.05) is 0 Å². The normalized spacial score (nSPS) is 36.5. The fourth-order valence-electron chi connectivity index (χ4n) is 3.70. The van der Waals surface area contributed by atoms with Gasteiger partial charge in [-0.15, -0.1) is 0 Å². The Bertz CT molecular complexity index is 832. The standard InChI is InChI=1S/C19H26O8S/c1-11-6-8-12(9-7-11)28(20,21)27-15-14(13-10-22-18(2,3)24-13)23-17-16(15)25-19(4,5)26-17/h6-9,13-17H,10H2,1-5H3/t13-,14-,15+,16-,17-/m1/s1. The first-order valence-corrected chi connectivity index (χ1v) is 10.7. The minimum Gasteiger partial charge on any atom is -0.348 e. The predicted octanol–water partition coefficient (Wildman–Crippen LogP) is 2.10. The topological polar surface area (TPSA) is 89.5 Å². The Balaban J connectivity index is 1.61. The molecular weight excluding hydrogens is 388 g/mol. The molecule has 3 aliphatic rings. The van der Waals surface area contributed by atoms with Gasteiger partial charge in [0.1, 0.15) is 24.4 Å². The highest BCUT2D eigenvalue weighted by Crippen LogP contribution is 2.42. The predicted molar refractivity (Wildman–Crippen MR) is 96.8 cm³/mol. The highest BCUT2D eigenvalue weighted by molar-refractivity contribution is 7.86. The van der Waals surface area contributed by atoms with Crippen LogP contribution in [0.4, 0.5) is 0 Å². The van der Waals surface area contributed by atoms with Crippen molar-refractivity contribution in [2.24, 2.45) is 0 Å². The molecule has 3 saturated heterocycles. The molecule has 0 saturated carbocycles. The average Bonchev–Trinajstić information content (AvgIpc) is 3.18. The molecule has 0 radical (unpaired) electrons. The molecule has 156 valence electrons. The Morgan fingerprint density at radius 3 is 2.25 bits per heavy atom. The van der Waals surface area contributed by atoms with E-state index in [2.05, 4.69) is 0 Å². The van der Waals surface area contributed by atoms with Crippen molar-refractivity contribution >= 4 is 10.1 Å². The molecule has 5 atom stereocenters. The van der Waals surface area contributed by atoms with Crippen LogP contribution < -0.4 is 0 Å². The Hall–Kier alpha value is -1.07. The molecule has 3 aliphatic heterocycles. The second-order valence-electron chi connectivity index (χ2n) is 8.26. The lowest BCUT2D eigenvalue weighted by molar-refractivity contribution is -0.230. The Labute approximate surface area is 165 Å². The summed E-state index contributed by atoms with van der Waals surface area (Å²) in [4.78, 5) is 0.0717. The summed E-state index contributed by atoms with van der Waals surface area (Å²) in [5.41, 5.74) is 0.953. The van der Waals surface area contributed by atoms with Gasteiger partial charge in [0.05, 0.1) is 11.5 Å². The fourth-order valence-corrected chi connectivity index (χ4v) is 4.79. The molecule has 0 aromatic heterocycles. The van der Waals surface area contributed by atoms with Crippen molar-refractivity contribution in [2.75, 3.05) is 6.61 Å². The Morgan fingerprint density at radius 1 is 0.964 bits per heavy atom. The summed E-state index contributed by atoms with van der Waals surface area (Å²) in [5, 5.41) is 0. The third-order valence-electron chi connectivity index (χ3n) is 4.97. The summed E-state index contributed by atoms with van der Waals surface area (Å²) in [7, 11) is -4.04. The maximum absolute atomic E-state index is 12.9. The van der Waals surface area contributed by atoms with E-state index in [1.807, 2.05) is 6.92 Å². The highest BCUT2D eigenvalue weighted by Gasteiger charge is 2.60. The number of ether oxygens (including phenoxy) is 5. The van der Waals surface area contributed by atoms with E-state index in [0.717, 1.165) is 5.56 Å². The Kier molecular flexibility index (Phi) is 4.86. The number of benzene rings is 1. The molecule has 0 aliphatic carbocycles. The second kappa shape index (κ2) is 6.73. The van der Waals surface area contributed by atoms with E-state index in [-0.39, 0.29) is 11.5 Å². The summed E-state index contributed by atoms with van der Waals surface area (Å²) in [6.45, 7) is 9.20. The van der Waals surface area contributed by atoms with Crippen molar-refractivity contribution in [1.82, 2.24) is 0 Å². The summed E-state index contributed by atoms with van der Waals surface area (Å²) >= 11 is 0. The summed E-state index contributed by atoms with van der Waals surface area (Å²) in [6.07, 6.45) is -3.60. The van der Waals surface area contributed by atoms with Crippen molar-refractivity contribution < 1.29 is 36.3 Å². The van der Waals surface area contributed by atoms with E-state index < -0.39 is 52.4 Å². The first kappa shape index (κ1) is 20.2. The van der Waals surface area contributed by atoms with Crippen molar-refractivity contribution in [1.29, 1.82) is 0 Å². The number of rotatable bonds is 4. The van der Waals surface area contributed by atoms with Gasteiger partial charge in [0.2, 0.25) is 0 Å². The summed E-state index contributed by atoms with van der Waals surface area (Å²) in [6, 6.07) is 6.47. The van der Waals surface area contributed by atoms with Gasteiger partial charge in [-0.2, -0.15) is 8.42 Å². The maximum atomic E-state index is 12.9. The molecule has 0 spiro atoms. The molecule has 3 heterocycles. The molecule has 8 nitrogen and oxygen atoms in total. The third kappa shape index (κ3) is 3.85. The van der Waals surface area contributed by atoms with E-state index in [0.29, 0.717) is 0 Å². The molecule has 9 heteroatoms. The molecule has 0 bridgehead atoms. The lowest BCUT2D eigenvalue weighted by Crippen LogP contribution is -2.45. The Morgan fingerprint density at radius 2 is 1.64 bits per heavy atom. The zero-order chi connectivity index (χ0) is 20.3. The average molecular weight is 414 g/mol. The van der Waals surface area contributed by atoms with E-state index in [4.69, 9.17) is 27.9 Å². The number of fused-ring (bicyclic) bond motifs is 1. The molecule has 3 fully saturated rings. The minimum atomic E-state index is -4.04. The largest absolute Gasteiger partial charge is 0.348 e. The van der Waals surface area contributed by atoms with E-state index >= 15 is 0 Å². The second-order valence-corrected chi connectivity index (χ2v) is 9.84. The molecule has 28 heavy (non-hydrogen) atoms. The van der Waals surface area contributed by atoms with Crippen LogP contribution >= 0.6 is 0 Å². The van der Waals surface area contributed by atoms with Gasteiger partial charge in [-0.05, 0) is 46.8 Å². The SMILES string of the molecule is Cc1ccc(S(=O)(=O)O[C@@H]2[C@H]3OC(C)(C)O[C@H]3O[C@@H]2[C@H]2COC(C)(C)O2)cc1. The summed E-state index contributed by atoms with van der Waals surface area (Å²) < 4.78 is 60.5. The molecule has 0 N–H and O–H groups in total. The van der Waals surface area contributed by atoms with Gasteiger partial charge in [0.25, 0.3) is 10.1 Å². The van der Waals surface area contributed by atoms with Crippen LogP contribution in [0.5, 0.6) is 0 Å². The van der Waals surface area contributed by atoms with Crippen LogP contribution in [0.1, 0.15) is 33.3 Å². The third-order valence-corrected chi connectivity index (χ3v) is 6.30. The van der Waals surface area contributed by atoms with Crippen LogP contribution in [0.2, 0.25) is 0 Å². The van der Waals surface area contributed by atoms with E-state index in [1.165, 1.54) is 12.1 Å². The zero-order valence-corrected chi connectivity index (χ0v) is 17.4. The smallest absolute Gasteiger partial charge is 0.297 e. The number of hydrogen-bond donors (Lipinski definition) is 0. The fraction of sp³-hybridized carbons (Fsp3) is 0.684. The van der Waals surface area contributed by atoms with Crippen LogP contribution in [0, 0.1) is 6.92 Å². The molecule has 0 amide bonds. The van der Waals surface area contributed by atoms with Gasteiger partial charge in [-0.25, -0.2) is 0 Å². The van der Waals surface area contributed by atoms with Crippen LogP contribution in [0.25, 0.3) is 0 Å². The van der Waals surface area contributed by atoms with Crippen LogP contribution in [-0.2, 0) is 38.0 Å². The molecule has 1 aromatic rings. The maximum Gasteiger partial charge on any atom is 0.297 e. The van der Waals surface area contributed by atoms with Crippen molar-refractivity contribution in [3.63, 3.8) is 0 Å². The molecular formula is C19H26O8S. The van der Waals surface area contributed by atoms with Crippen molar-refractivity contribution in [3.8, 4) is 0 Å². The van der Waals surface area contributed by atoms with Crippen LogP contribution in [-0.4, -0.2) is 57.3 Å².